The van der Waals surface area contributed by atoms with E-state index in [4.69, 9.17) is 0 Å². The molecule has 5 rings (SSSR count). The van der Waals surface area contributed by atoms with Crippen molar-refractivity contribution < 1.29 is 17.6 Å². The fourth-order valence-corrected chi connectivity index (χ4v) is 6.12. The van der Waals surface area contributed by atoms with Crippen LogP contribution in [0.25, 0.3) is 0 Å². The maximum absolute atomic E-state index is 13.1. The number of sulfonamides is 1. The van der Waals surface area contributed by atoms with Gasteiger partial charge in [0.05, 0.1) is 4.90 Å². The lowest BCUT2D eigenvalue weighted by Crippen LogP contribution is -2.46. The van der Waals surface area contributed by atoms with E-state index in [9.17, 15) is 17.6 Å². The summed E-state index contributed by atoms with van der Waals surface area (Å²) < 4.78 is 40.9. The van der Waals surface area contributed by atoms with E-state index in [0.29, 0.717) is 31.5 Å². The maximum atomic E-state index is 13.1. The Morgan fingerprint density at radius 2 is 1.51 bits per heavy atom. The number of fused-ring (bicyclic) bond motifs is 1. The quantitative estimate of drug-likeness (QED) is 0.584. The molecular formula is C27H28FN3O3S. The molecule has 1 saturated heterocycles. The molecule has 0 unspecified atom stereocenters. The lowest BCUT2D eigenvalue weighted by molar-refractivity contribution is 0.0711. The van der Waals surface area contributed by atoms with E-state index < -0.39 is 15.8 Å². The van der Waals surface area contributed by atoms with Crippen LogP contribution in [-0.2, 0) is 23.0 Å². The van der Waals surface area contributed by atoms with Crippen molar-refractivity contribution in [2.45, 2.75) is 36.7 Å². The number of hydrogen-bond acceptors (Lipinski definition) is 4. The van der Waals surface area contributed by atoms with Crippen molar-refractivity contribution in [1.82, 2.24) is 9.62 Å². The van der Waals surface area contributed by atoms with Crippen molar-refractivity contribution in [1.29, 1.82) is 0 Å². The maximum Gasteiger partial charge on any atom is 0.253 e. The third kappa shape index (κ3) is 5.23. The van der Waals surface area contributed by atoms with Crippen LogP contribution in [0.2, 0.25) is 0 Å². The minimum Gasteiger partial charge on any atom is -0.367 e. The minimum atomic E-state index is -3.73. The van der Waals surface area contributed by atoms with Crippen LogP contribution in [0.5, 0.6) is 0 Å². The molecule has 1 N–H and O–H groups in total. The van der Waals surface area contributed by atoms with E-state index in [1.807, 2.05) is 24.3 Å². The van der Waals surface area contributed by atoms with Gasteiger partial charge in [0.25, 0.3) is 5.91 Å². The van der Waals surface area contributed by atoms with E-state index in [-0.39, 0.29) is 16.8 Å². The van der Waals surface area contributed by atoms with Gasteiger partial charge in [0.15, 0.2) is 0 Å². The molecule has 0 bridgehead atoms. The second-order valence-corrected chi connectivity index (χ2v) is 10.8. The van der Waals surface area contributed by atoms with Gasteiger partial charge in [0, 0.05) is 43.5 Å². The Hall–Kier alpha value is -3.23. The summed E-state index contributed by atoms with van der Waals surface area (Å²) in [7, 11) is -3.73. The lowest BCUT2D eigenvalue weighted by atomic mass is 9.99. The number of nitrogens with one attached hydrogen (secondary N) is 1. The summed E-state index contributed by atoms with van der Waals surface area (Å²) in [6.45, 7) is 2.76. The SMILES string of the molecule is O=C(c1ccc(N2CCc3ccccc3C2)cc1)N1CCC(NS(=O)(=O)c2ccc(F)cc2)CC1. The van der Waals surface area contributed by atoms with Crippen LogP contribution >= 0.6 is 0 Å². The van der Waals surface area contributed by atoms with Crippen molar-refractivity contribution in [3.8, 4) is 0 Å². The number of rotatable bonds is 5. The van der Waals surface area contributed by atoms with Crippen LogP contribution in [0.3, 0.4) is 0 Å². The normalized spacial score (nSPS) is 16.7. The topological polar surface area (TPSA) is 69.7 Å². The molecule has 3 aromatic carbocycles. The summed E-state index contributed by atoms with van der Waals surface area (Å²) in [4.78, 5) is 17.2. The predicted octanol–water partition coefficient (Wildman–Crippen LogP) is 3.97. The van der Waals surface area contributed by atoms with E-state index in [1.165, 1.54) is 23.3 Å². The van der Waals surface area contributed by atoms with Gasteiger partial charge in [-0.1, -0.05) is 24.3 Å². The molecule has 1 fully saturated rings. The standard InChI is InChI=1S/C27H28FN3O3S/c28-23-7-11-26(12-8-23)35(33,34)29-24-14-17-30(18-15-24)27(32)21-5-9-25(10-6-21)31-16-13-20-3-1-2-4-22(20)19-31/h1-12,24,29H,13-19H2. The fourth-order valence-electron chi connectivity index (χ4n) is 4.82. The predicted molar refractivity (Wildman–Crippen MR) is 133 cm³/mol. The van der Waals surface area contributed by atoms with E-state index in [1.54, 1.807) is 4.90 Å². The number of anilines is 1. The first-order valence-corrected chi connectivity index (χ1v) is 13.4. The molecule has 35 heavy (non-hydrogen) atoms. The molecule has 6 nitrogen and oxygen atoms in total. The number of carbonyl (C=O) groups is 1. The smallest absolute Gasteiger partial charge is 0.253 e. The van der Waals surface area contributed by atoms with Gasteiger partial charge in [0.2, 0.25) is 10.0 Å². The first-order valence-electron chi connectivity index (χ1n) is 11.9. The Morgan fingerprint density at radius 3 is 2.20 bits per heavy atom. The zero-order chi connectivity index (χ0) is 24.4. The number of hydrogen-bond donors (Lipinski definition) is 1. The van der Waals surface area contributed by atoms with E-state index in [0.717, 1.165) is 37.3 Å². The average Bonchev–Trinajstić information content (AvgIpc) is 2.88. The van der Waals surface area contributed by atoms with Crippen molar-refractivity contribution in [2.24, 2.45) is 0 Å². The van der Waals surface area contributed by atoms with Gasteiger partial charge in [0.1, 0.15) is 5.82 Å². The van der Waals surface area contributed by atoms with Crippen molar-refractivity contribution in [2.75, 3.05) is 24.5 Å². The molecule has 3 aromatic rings. The fraction of sp³-hybridized carbons (Fsp3) is 0.296. The summed E-state index contributed by atoms with van der Waals surface area (Å²) in [6.07, 6.45) is 2.06. The third-order valence-corrected chi connectivity index (χ3v) is 8.37. The number of nitrogens with zero attached hydrogens (tertiary/aromatic N) is 2. The van der Waals surface area contributed by atoms with Crippen LogP contribution in [0.15, 0.2) is 77.7 Å². The largest absolute Gasteiger partial charge is 0.367 e. The Balaban J connectivity index is 1.16. The molecular weight excluding hydrogens is 465 g/mol. The Kier molecular flexibility index (Phi) is 6.58. The van der Waals surface area contributed by atoms with E-state index in [2.05, 4.69) is 33.9 Å². The van der Waals surface area contributed by atoms with Crippen molar-refractivity contribution >= 4 is 21.6 Å². The zero-order valence-electron chi connectivity index (χ0n) is 19.4. The molecule has 0 radical (unpaired) electrons. The number of benzene rings is 3. The van der Waals surface area contributed by atoms with E-state index >= 15 is 0 Å². The van der Waals surface area contributed by atoms with Gasteiger partial charge in [-0.3, -0.25) is 4.79 Å². The summed E-state index contributed by atoms with van der Waals surface area (Å²) >= 11 is 0. The first kappa shape index (κ1) is 23.5. The van der Waals surface area contributed by atoms with Crippen LogP contribution < -0.4 is 9.62 Å². The molecule has 8 heteroatoms. The molecule has 0 spiro atoms. The highest BCUT2D eigenvalue weighted by atomic mass is 32.2. The number of carbonyl (C=O) groups excluding carboxylic acids is 1. The summed E-state index contributed by atoms with van der Waals surface area (Å²) in [6, 6.07) is 20.8. The van der Waals surface area contributed by atoms with Crippen LogP contribution in [0, 0.1) is 5.82 Å². The second-order valence-electron chi connectivity index (χ2n) is 9.13. The van der Waals surface area contributed by atoms with Crippen LogP contribution in [0.1, 0.15) is 34.3 Å². The average molecular weight is 494 g/mol. The van der Waals surface area contributed by atoms with Crippen LogP contribution in [-0.4, -0.2) is 44.9 Å². The lowest BCUT2D eigenvalue weighted by Gasteiger charge is -2.33. The molecule has 2 aliphatic rings. The van der Waals surface area contributed by atoms with Crippen molar-refractivity contribution in [3.63, 3.8) is 0 Å². The van der Waals surface area contributed by atoms with Gasteiger partial charge in [-0.2, -0.15) is 0 Å². The van der Waals surface area contributed by atoms with Gasteiger partial charge < -0.3 is 9.80 Å². The molecule has 2 aliphatic heterocycles. The zero-order valence-corrected chi connectivity index (χ0v) is 20.2. The Labute approximate surface area is 205 Å². The third-order valence-electron chi connectivity index (χ3n) is 6.84. The molecule has 0 atom stereocenters. The number of piperidine rings is 1. The number of halogens is 1. The first-order chi connectivity index (χ1) is 16.9. The Morgan fingerprint density at radius 1 is 0.857 bits per heavy atom. The number of likely N-dealkylation sites (tertiary alicyclic amines) is 1. The molecule has 182 valence electrons. The highest BCUT2D eigenvalue weighted by Crippen LogP contribution is 2.25. The monoisotopic (exact) mass is 493 g/mol. The molecule has 2 heterocycles. The number of amides is 1. The van der Waals surface area contributed by atoms with Gasteiger partial charge in [-0.15, -0.1) is 0 Å². The van der Waals surface area contributed by atoms with Gasteiger partial charge in [-0.05, 0) is 78.9 Å². The van der Waals surface area contributed by atoms with Crippen molar-refractivity contribution in [3.05, 3.63) is 95.3 Å². The second kappa shape index (κ2) is 9.79. The minimum absolute atomic E-state index is 0.0367. The molecule has 0 saturated carbocycles. The molecule has 0 aromatic heterocycles. The highest BCUT2D eigenvalue weighted by Gasteiger charge is 2.27. The summed E-state index contributed by atoms with van der Waals surface area (Å²) in [5, 5.41) is 0. The molecule has 1 amide bonds. The summed E-state index contributed by atoms with van der Waals surface area (Å²) in [5.41, 5.74) is 4.48. The van der Waals surface area contributed by atoms with Crippen LogP contribution in [0.4, 0.5) is 10.1 Å². The highest BCUT2D eigenvalue weighted by molar-refractivity contribution is 7.89. The van der Waals surface area contributed by atoms with Gasteiger partial charge in [-0.25, -0.2) is 17.5 Å². The van der Waals surface area contributed by atoms with Gasteiger partial charge >= 0.3 is 0 Å². The Bertz CT molecular complexity index is 1300. The molecule has 0 aliphatic carbocycles. The summed E-state index contributed by atoms with van der Waals surface area (Å²) in [5.74, 6) is -0.523.